The number of benzene rings is 1. The maximum absolute atomic E-state index is 14.5. The number of hydrogen-bond donors (Lipinski definition) is 1. The van der Waals surface area contributed by atoms with Crippen LogP contribution < -0.4 is 4.74 Å². The quantitative estimate of drug-likeness (QED) is 0.238. The Labute approximate surface area is 211 Å². The Morgan fingerprint density at radius 2 is 1.54 bits per heavy atom. The van der Waals surface area contributed by atoms with Crippen LogP contribution in [-0.4, -0.2) is 44.6 Å². The third-order valence-electron chi connectivity index (χ3n) is 4.65. The highest BCUT2D eigenvalue weighted by Crippen LogP contribution is 2.55. The molecule has 0 spiro atoms. The third kappa shape index (κ3) is 5.46. The number of hydrogen-bond acceptors (Lipinski definition) is 4. The molecule has 0 radical (unpaired) electrons. The van der Waals surface area contributed by atoms with Crippen molar-refractivity contribution in [3.05, 3.63) is 57.5 Å². The Morgan fingerprint density at radius 3 is 2.05 bits per heavy atom. The van der Waals surface area contributed by atoms with Crippen LogP contribution in [0, 0.1) is 0 Å². The van der Waals surface area contributed by atoms with Crippen LogP contribution in [0.2, 0.25) is 5.15 Å². The second-order valence-corrected chi connectivity index (χ2v) is 8.26. The summed E-state index contributed by atoms with van der Waals surface area (Å²) in [4.78, 5) is 14.9. The first-order valence-electron chi connectivity index (χ1n) is 9.12. The highest BCUT2D eigenvalue weighted by Gasteiger charge is 2.73. The molecule has 0 unspecified atom stereocenters. The third-order valence-corrected chi connectivity index (χ3v) is 5.55. The number of pyridine rings is 1. The second-order valence-electron chi connectivity index (χ2n) is 7.05. The van der Waals surface area contributed by atoms with Crippen molar-refractivity contribution in [1.82, 2.24) is 14.8 Å². The van der Waals surface area contributed by atoms with E-state index >= 15 is 0 Å². The van der Waals surface area contributed by atoms with Gasteiger partial charge in [0.1, 0.15) is 10.8 Å². The molecule has 1 N–H and O–H groups in total. The Hall–Kier alpha value is -3.08. The van der Waals surface area contributed by atoms with Gasteiger partial charge in [-0.25, -0.2) is 18.9 Å². The number of alkyl halides is 10. The fourth-order valence-corrected chi connectivity index (χ4v) is 3.84. The molecule has 18 heteroatoms. The van der Waals surface area contributed by atoms with Crippen LogP contribution in [0.5, 0.6) is 5.75 Å². The van der Waals surface area contributed by atoms with Crippen molar-refractivity contribution in [2.45, 2.75) is 24.4 Å². The fraction of sp³-hybridized carbons (Fsp3) is 0.211. The van der Waals surface area contributed by atoms with Gasteiger partial charge in [-0.2, -0.15) is 31.4 Å². The number of carboxylic acid groups (broad SMARTS) is 1. The lowest BCUT2D eigenvalue weighted by Gasteiger charge is -2.31. The molecule has 0 amide bonds. The molecule has 3 rings (SSSR count). The number of aromatic carboxylic acids is 1. The van der Waals surface area contributed by atoms with Crippen LogP contribution in [0.4, 0.5) is 43.9 Å². The summed E-state index contributed by atoms with van der Waals surface area (Å²) in [5.74, 6) is -3.14. The van der Waals surface area contributed by atoms with Crippen LogP contribution in [-0.2, 0) is 5.67 Å². The Morgan fingerprint density at radius 1 is 0.946 bits per heavy atom. The number of halogens is 12. The van der Waals surface area contributed by atoms with Crippen molar-refractivity contribution >= 4 is 33.5 Å². The lowest BCUT2D eigenvalue weighted by Crippen LogP contribution is -2.50. The highest BCUT2D eigenvalue weighted by molar-refractivity contribution is 9.10. The van der Waals surface area contributed by atoms with Crippen molar-refractivity contribution in [1.29, 1.82) is 0 Å². The summed E-state index contributed by atoms with van der Waals surface area (Å²) in [5, 5.41) is 12.4. The number of carbonyl (C=O) groups is 1. The molecule has 0 saturated heterocycles. The van der Waals surface area contributed by atoms with Crippen molar-refractivity contribution in [2.24, 2.45) is 0 Å². The Balaban J connectivity index is 2.23. The van der Waals surface area contributed by atoms with E-state index in [4.69, 9.17) is 16.7 Å². The molecule has 0 atom stereocenters. The molecule has 6 nitrogen and oxygen atoms in total. The lowest BCUT2D eigenvalue weighted by atomic mass is 9.93. The van der Waals surface area contributed by atoms with E-state index in [2.05, 4.69) is 30.7 Å². The van der Waals surface area contributed by atoms with Gasteiger partial charge in [0.15, 0.2) is 5.75 Å². The van der Waals surface area contributed by atoms with Gasteiger partial charge in [0.05, 0.1) is 11.8 Å². The van der Waals surface area contributed by atoms with Gasteiger partial charge in [0.25, 0.3) is 0 Å². The van der Waals surface area contributed by atoms with E-state index in [9.17, 15) is 48.7 Å². The van der Waals surface area contributed by atoms with E-state index < -0.39 is 68.6 Å². The van der Waals surface area contributed by atoms with E-state index in [-0.39, 0.29) is 17.2 Å². The number of rotatable bonds is 5. The Kier molecular flexibility index (Phi) is 7.19. The zero-order valence-electron chi connectivity index (χ0n) is 17.1. The molecule has 37 heavy (non-hydrogen) atoms. The molecule has 0 bridgehead atoms. The van der Waals surface area contributed by atoms with Crippen molar-refractivity contribution in [3.63, 3.8) is 0 Å². The van der Waals surface area contributed by atoms with Gasteiger partial charge in [0, 0.05) is 33.6 Å². The maximum atomic E-state index is 14.5. The number of ether oxygens (including phenoxy) is 1. The average molecular weight is 631 g/mol. The van der Waals surface area contributed by atoms with E-state index in [0.717, 1.165) is 24.7 Å². The summed E-state index contributed by atoms with van der Waals surface area (Å²) in [5.41, 5.74) is -9.61. The molecule has 0 aliphatic rings. The van der Waals surface area contributed by atoms with Gasteiger partial charge in [-0.3, -0.25) is 0 Å². The summed E-state index contributed by atoms with van der Waals surface area (Å²) < 4.78 is 136. The van der Waals surface area contributed by atoms with Crippen LogP contribution in [0.1, 0.15) is 15.9 Å². The summed E-state index contributed by atoms with van der Waals surface area (Å²) >= 11 is 8.22. The Bertz CT molecular complexity index is 1340. The minimum Gasteiger partial charge on any atom is -0.478 e. The first kappa shape index (κ1) is 28.5. The average Bonchev–Trinajstić information content (AvgIpc) is 3.19. The summed E-state index contributed by atoms with van der Waals surface area (Å²) in [6, 6.07) is 0.601. The molecule has 2 heterocycles. The van der Waals surface area contributed by atoms with E-state index in [1.165, 1.54) is 0 Å². The minimum atomic E-state index is -6.61. The van der Waals surface area contributed by atoms with Crippen LogP contribution in [0.3, 0.4) is 0 Å². The molecule has 3 aromatic rings. The van der Waals surface area contributed by atoms with Crippen molar-refractivity contribution < 1.29 is 58.5 Å². The molecule has 200 valence electrons. The molecule has 0 aliphatic heterocycles. The van der Waals surface area contributed by atoms with Crippen LogP contribution >= 0.6 is 27.5 Å². The zero-order chi connectivity index (χ0) is 28.1. The first-order chi connectivity index (χ1) is 16.8. The molecule has 0 aliphatic carbocycles. The molecular weight excluding hydrogens is 624 g/mol. The number of carboxylic acids is 1. The molecular formula is C19H7BrClF10N3O3. The second kappa shape index (κ2) is 9.34. The highest BCUT2D eigenvalue weighted by atomic mass is 79.9. The van der Waals surface area contributed by atoms with E-state index in [1.54, 1.807) is 0 Å². The van der Waals surface area contributed by atoms with Gasteiger partial charge in [-0.05, 0) is 34.1 Å². The lowest BCUT2D eigenvalue weighted by molar-refractivity contribution is -0.348. The van der Waals surface area contributed by atoms with Crippen LogP contribution in [0.15, 0.2) is 41.3 Å². The SMILES string of the molecule is O=C(O)c1cc(-c2cnn(-c3c(Br)cc(C(F)(C(F)(F)F)C(F)(F)F)cc3OC(F)(F)F)c2)cnc1Cl. The fourth-order valence-electron chi connectivity index (χ4n) is 3.04. The summed E-state index contributed by atoms with van der Waals surface area (Å²) in [6.45, 7) is 0. The smallest absolute Gasteiger partial charge is 0.478 e. The van der Waals surface area contributed by atoms with Gasteiger partial charge in [0.2, 0.25) is 0 Å². The van der Waals surface area contributed by atoms with Gasteiger partial charge in [-0.15, -0.1) is 13.2 Å². The van der Waals surface area contributed by atoms with Crippen molar-refractivity contribution in [3.8, 4) is 22.6 Å². The largest absolute Gasteiger partial charge is 0.573 e. The van der Waals surface area contributed by atoms with Crippen LogP contribution in [0.25, 0.3) is 16.8 Å². The van der Waals surface area contributed by atoms with Gasteiger partial charge >= 0.3 is 30.4 Å². The van der Waals surface area contributed by atoms with Crippen molar-refractivity contribution in [2.75, 3.05) is 0 Å². The maximum Gasteiger partial charge on any atom is 0.573 e. The standard InChI is InChI=1S/C19H7BrClF10N3O3/c20-11-2-9(16(22,17(23,24)25)18(26,27)28)3-12(37-19(29,30)31)13(11)34-6-8(5-33-34)7-1-10(15(35)36)14(21)32-4-7/h1-6H,(H,35,36). The number of nitrogens with zero attached hydrogens (tertiary/aromatic N) is 3. The van der Waals surface area contributed by atoms with Gasteiger partial charge in [-0.1, -0.05) is 11.6 Å². The normalized spacial score (nSPS) is 13.1. The molecule has 2 aromatic heterocycles. The monoisotopic (exact) mass is 629 g/mol. The molecule has 0 saturated carbocycles. The van der Waals surface area contributed by atoms with E-state index in [0.29, 0.717) is 4.68 Å². The minimum absolute atomic E-state index is 0.00831. The predicted octanol–water partition coefficient (Wildman–Crippen LogP) is 7.24. The zero-order valence-corrected chi connectivity index (χ0v) is 19.4. The molecule has 0 fully saturated rings. The number of aromatic nitrogens is 3. The van der Waals surface area contributed by atoms with E-state index in [1.807, 2.05) is 0 Å². The topological polar surface area (TPSA) is 77.2 Å². The summed E-state index contributed by atoms with van der Waals surface area (Å²) in [6.07, 6.45) is -15.9. The summed E-state index contributed by atoms with van der Waals surface area (Å²) in [7, 11) is 0. The first-order valence-corrected chi connectivity index (χ1v) is 10.3. The predicted molar refractivity (Wildman–Crippen MR) is 108 cm³/mol. The van der Waals surface area contributed by atoms with Gasteiger partial charge < -0.3 is 9.84 Å². The molecule has 1 aromatic carbocycles.